The molecule has 1 aromatic rings. The molecular weight excluding hydrogens is 193 g/mol. The van der Waals surface area contributed by atoms with Crippen LogP contribution in [0, 0.1) is 5.82 Å². The molecule has 0 spiro atoms. The first-order valence-corrected chi connectivity index (χ1v) is 5.34. The van der Waals surface area contributed by atoms with E-state index in [1.807, 2.05) is 0 Å². The molecule has 0 aromatic heterocycles. The maximum absolute atomic E-state index is 12.6. The highest BCUT2D eigenvalue weighted by molar-refractivity contribution is 5.21. The molecule has 1 aromatic carbocycles. The van der Waals surface area contributed by atoms with Gasteiger partial charge in [0, 0.05) is 6.04 Å². The van der Waals surface area contributed by atoms with E-state index in [9.17, 15) is 4.39 Å². The molecule has 2 nitrogen and oxygen atoms in total. The molecule has 1 unspecified atom stereocenters. The molecule has 1 atom stereocenters. The van der Waals surface area contributed by atoms with Crippen molar-refractivity contribution in [2.75, 3.05) is 13.2 Å². The lowest BCUT2D eigenvalue weighted by Crippen LogP contribution is -2.27. The van der Waals surface area contributed by atoms with E-state index in [1.54, 1.807) is 12.1 Å². The fourth-order valence-electron chi connectivity index (χ4n) is 1.33. The van der Waals surface area contributed by atoms with Crippen LogP contribution in [0.25, 0.3) is 0 Å². The van der Waals surface area contributed by atoms with Crippen molar-refractivity contribution in [1.29, 1.82) is 0 Å². The summed E-state index contributed by atoms with van der Waals surface area (Å²) in [5.41, 5.74) is 0. The predicted octanol–water partition coefficient (Wildman–Crippen LogP) is 2.59. The topological polar surface area (TPSA) is 21.3 Å². The number of ether oxygens (including phenoxy) is 1. The zero-order valence-electron chi connectivity index (χ0n) is 9.29. The second-order valence-electron chi connectivity index (χ2n) is 3.55. The summed E-state index contributed by atoms with van der Waals surface area (Å²) in [5.74, 6) is 0.489. The number of hydrogen-bond acceptors (Lipinski definition) is 2. The van der Waals surface area contributed by atoms with Gasteiger partial charge in [-0.2, -0.15) is 0 Å². The van der Waals surface area contributed by atoms with Crippen LogP contribution in [0.1, 0.15) is 20.3 Å². The Morgan fingerprint density at radius 2 is 2.00 bits per heavy atom. The van der Waals surface area contributed by atoms with E-state index >= 15 is 0 Å². The van der Waals surface area contributed by atoms with E-state index in [0.717, 1.165) is 18.7 Å². The third-order valence-corrected chi connectivity index (χ3v) is 2.19. The molecule has 1 rings (SSSR count). The van der Waals surface area contributed by atoms with Gasteiger partial charge in [-0.1, -0.05) is 6.92 Å². The van der Waals surface area contributed by atoms with Gasteiger partial charge in [-0.25, -0.2) is 4.39 Å². The van der Waals surface area contributed by atoms with Crippen molar-refractivity contribution >= 4 is 0 Å². The van der Waals surface area contributed by atoms with Crippen molar-refractivity contribution in [3.63, 3.8) is 0 Å². The largest absolute Gasteiger partial charge is 0.494 e. The highest BCUT2D eigenvalue weighted by Crippen LogP contribution is 2.11. The van der Waals surface area contributed by atoms with Crippen LogP contribution in [0.4, 0.5) is 4.39 Å². The first kappa shape index (κ1) is 12.0. The summed E-state index contributed by atoms with van der Waals surface area (Å²) in [4.78, 5) is 0. The van der Waals surface area contributed by atoms with Gasteiger partial charge in [0.25, 0.3) is 0 Å². The lowest BCUT2D eigenvalue weighted by Gasteiger charge is -2.12. The summed E-state index contributed by atoms with van der Waals surface area (Å²) in [6, 6.07) is 6.56. The first-order chi connectivity index (χ1) is 7.22. The van der Waals surface area contributed by atoms with Crippen LogP contribution in [0.2, 0.25) is 0 Å². The maximum Gasteiger partial charge on any atom is 0.123 e. The molecule has 0 amide bonds. The zero-order valence-corrected chi connectivity index (χ0v) is 9.29. The molecule has 0 fully saturated rings. The summed E-state index contributed by atoms with van der Waals surface area (Å²) < 4.78 is 18.0. The number of rotatable bonds is 6. The number of halogens is 1. The van der Waals surface area contributed by atoms with Gasteiger partial charge < -0.3 is 10.1 Å². The summed E-state index contributed by atoms with van der Waals surface area (Å²) in [5, 5.41) is 3.30. The van der Waals surface area contributed by atoms with E-state index < -0.39 is 0 Å². The Balaban J connectivity index is 2.22. The summed E-state index contributed by atoms with van der Waals surface area (Å²) in [6.45, 7) is 5.83. The Hall–Kier alpha value is -1.09. The monoisotopic (exact) mass is 211 g/mol. The van der Waals surface area contributed by atoms with Gasteiger partial charge in [0.05, 0.1) is 6.61 Å². The minimum absolute atomic E-state index is 0.233. The number of hydrogen-bond donors (Lipinski definition) is 1. The summed E-state index contributed by atoms with van der Waals surface area (Å²) in [6.07, 6.45) is 0.950. The number of nitrogens with one attached hydrogen (secondary N) is 1. The smallest absolute Gasteiger partial charge is 0.123 e. The summed E-state index contributed by atoms with van der Waals surface area (Å²) >= 11 is 0. The van der Waals surface area contributed by atoms with Crippen molar-refractivity contribution < 1.29 is 9.13 Å². The minimum atomic E-state index is -0.233. The third-order valence-electron chi connectivity index (χ3n) is 2.19. The average molecular weight is 211 g/mol. The van der Waals surface area contributed by atoms with Gasteiger partial charge in [0.2, 0.25) is 0 Å². The second-order valence-corrected chi connectivity index (χ2v) is 3.55. The van der Waals surface area contributed by atoms with Crippen LogP contribution in [0.3, 0.4) is 0 Å². The average Bonchev–Trinajstić information content (AvgIpc) is 2.21. The predicted molar refractivity (Wildman–Crippen MR) is 59.7 cm³/mol. The van der Waals surface area contributed by atoms with E-state index in [4.69, 9.17) is 4.74 Å². The lowest BCUT2D eigenvalue weighted by atomic mass is 10.2. The van der Waals surface area contributed by atoms with E-state index in [1.165, 1.54) is 12.1 Å². The Kier molecular flexibility index (Phi) is 5.12. The molecule has 0 saturated carbocycles. The molecular formula is C12H18FNO. The maximum atomic E-state index is 12.6. The van der Waals surface area contributed by atoms with E-state index in [2.05, 4.69) is 19.2 Å². The quantitative estimate of drug-likeness (QED) is 0.781. The van der Waals surface area contributed by atoms with E-state index in [-0.39, 0.29) is 5.82 Å². The van der Waals surface area contributed by atoms with Gasteiger partial charge in [-0.05, 0) is 44.2 Å². The standard InChI is InChI=1S/C12H18FNO/c1-3-14-10(2)8-9-15-12-6-4-11(13)5-7-12/h4-7,10,14H,3,8-9H2,1-2H3. The van der Waals surface area contributed by atoms with Crippen molar-refractivity contribution in [3.8, 4) is 5.75 Å². The molecule has 3 heteroatoms. The van der Waals surface area contributed by atoms with Gasteiger partial charge in [-0.3, -0.25) is 0 Å². The van der Waals surface area contributed by atoms with Crippen LogP contribution in [0.5, 0.6) is 5.75 Å². The normalized spacial score (nSPS) is 12.5. The van der Waals surface area contributed by atoms with Crippen molar-refractivity contribution in [2.24, 2.45) is 0 Å². The Morgan fingerprint density at radius 3 is 2.60 bits per heavy atom. The van der Waals surface area contributed by atoms with Crippen LogP contribution >= 0.6 is 0 Å². The van der Waals surface area contributed by atoms with Crippen molar-refractivity contribution in [1.82, 2.24) is 5.32 Å². The van der Waals surface area contributed by atoms with Crippen LogP contribution in [0.15, 0.2) is 24.3 Å². The van der Waals surface area contributed by atoms with Crippen molar-refractivity contribution in [2.45, 2.75) is 26.3 Å². The fourth-order valence-corrected chi connectivity index (χ4v) is 1.33. The fraction of sp³-hybridized carbons (Fsp3) is 0.500. The first-order valence-electron chi connectivity index (χ1n) is 5.34. The number of benzene rings is 1. The molecule has 1 N–H and O–H groups in total. The molecule has 0 heterocycles. The highest BCUT2D eigenvalue weighted by atomic mass is 19.1. The van der Waals surface area contributed by atoms with Gasteiger partial charge in [0.15, 0.2) is 0 Å². The van der Waals surface area contributed by atoms with Gasteiger partial charge in [-0.15, -0.1) is 0 Å². The zero-order chi connectivity index (χ0) is 11.1. The summed E-state index contributed by atoms with van der Waals surface area (Å²) in [7, 11) is 0. The SMILES string of the molecule is CCNC(C)CCOc1ccc(F)cc1. The van der Waals surface area contributed by atoms with Crippen LogP contribution in [-0.2, 0) is 0 Å². The highest BCUT2D eigenvalue weighted by Gasteiger charge is 2.00. The van der Waals surface area contributed by atoms with Crippen LogP contribution < -0.4 is 10.1 Å². The Bertz CT molecular complexity index is 273. The molecule has 84 valence electrons. The molecule has 0 aliphatic rings. The Labute approximate surface area is 90.4 Å². The minimum Gasteiger partial charge on any atom is -0.494 e. The van der Waals surface area contributed by atoms with Gasteiger partial charge in [0.1, 0.15) is 11.6 Å². The van der Waals surface area contributed by atoms with Gasteiger partial charge >= 0.3 is 0 Å². The van der Waals surface area contributed by atoms with Crippen LogP contribution in [-0.4, -0.2) is 19.2 Å². The molecule has 15 heavy (non-hydrogen) atoms. The molecule has 0 radical (unpaired) electrons. The van der Waals surface area contributed by atoms with E-state index in [0.29, 0.717) is 12.6 Å². The second kappa shape index (κ2) is 6.40. The molecule has 0 bridgehead atoms. The van der Waals surface area contributed by atoms with Crippen molar-refractivity contribution in [3.05, 3.63) is 30.1 Å². The lowest BCUT2D eigenvalue weighted by molar-refractivity contribution is 0.291. The molecule has 0 saturated heterocycles. The Morgan fingerprint density at radius 1 is 1.33 bits per heavy atom. The molecule has 0 aliphatic carbocycles. The third kappa shape index (κ3) is 4.79. The molecule has 0 aliphatic heterocycles.